The van der Waals surface area contributed by atoms with Crippen LogP contribution in [-0.4, -0.2) is 37.8 Å². The lowest BCUT2D eigenvalue weighted by Crippen LogP contribution is -2.31. The van der Waals surface area contributed by atoms with Crippen molar-refractivity contribution in [3.63, 3.8) is 0 Å². The average Bonchev–Trinajstić information content (AvgIpc) is 2.46. The molecule has 0 N–H and O–H groups in total. The lowest BCUT2D eigenvalue weighted by molar-refractivity contribution is -0.387. The van der Waals surface area contributed by atoms with Crippen LogP contribution in [0.25, 0.3) is 0 Å². The standard InChI is InChI=1S/C13H16N2O5S/c1-4-8-14(9-5-2)21(18,19)13-7-6-11(20-3)10-12(13)15(16)17/h4-7,10H,1-2,8-9H2,3H3. The van der Waals surface area contributed by atoms with Gasteiger partial charge >= 0.3 is 0 Å². The van der Waals surface area contributed by atoms with Gasteiger partial charge in [0.1, 0.15) is 5.75 Å². The van der Waals surface area contributed by atoms with Crippen LogP contribution in [-0.2, 0) is 10.0 Å². The van der Waals surface area contributed by atoms with Crippen molar-refractivity contribution in [3.8, 4) is 5.75 Å². The first-order valence-electron chi connectivity index (χ1n) is 5.92. The van der Waals surface area contributed by atoms with E-state index >= 15 is 0 Å². The molecule has 0 unspecified atom stereocenters. The number of sulfonamides is 1. The number of nitro benzene ring substituents is 1. The predicted octanol–water partition coefficient (Wildman–Crippen LogP) is 1.97. The molecule has 8 heteroatoms. The summed E-state index contributed by atoms with van der Waals surface area (Å²) in [5.74, 6) is 0.208. The molecule has 0 heterocycles. The van der Waals surface area contributed by atoms with Crippen LogP contribution in [0.5, 0.6) is 5.75 Å². The highest BCUT2D eigenvalue weighted by Crippen LogP contribution is 2.30. The van der Waals surface area contributed by atoms with Crippen LogP contribution in [0.1, 0.15) is 0 Å². The summed E-state index contributed by atoms with van der Waals surface area (Å²) >= 11 is 0. The maximum Gasteiger partial charge on any atom is 0.293 e. The summed E-state index contributed by atoms with van der Waals surface area (Å²) in [6.45, 7) is 7.01. The molecule has 0 fully saturated rings. The summed E-state index contributed by atoms with van der Waals surface area (Å²) in [5.41, 5.74) is -0.535. The number of rotatable bonds is 8. The van der Waals surface area contributed by atoms with E-state index < -0.39 is 25.5 Å². The largest absolute Gasteiger partial charge is 0.497 e. The summed E-state index contributed by atoms with van der Waals surface area (Å²) in [7, 11) is -2.69. The Morgan fingerprint density at radius 3 is 2.33 bits per heavy atom. The van der Waals surface area contributed by atoms with Gasteiger partial charge in [0.2, 0.25) is 10.0 Å². The molecule has 0 saturated heterocycles. The van der Waals surface area contributed by atoms with E-state index in [1.165, 1.54) is 25.3 Å². The Balaban J connectivity index is 3.45. The molecule has 7 nitrogen and oxygen atoms in total. The van der Waals surface area contributed by atoms with Crippen molar-refractivity contribution in [1.82, 2.24) is 4.31 Å². The average molecular weight is 312 g/mol. The van der Waals surface area contributed by atoms with E-state index in [-0.39, 0.29) is 18.8 Å². The van der Waals surface area contributed by atoms with Gasteiger partial charge in [0.05, 0.1) is 18.1 Å². The fourth-order valence-electron chi connectivity index (χ4n) is 1.68. The smallest absolute Gasteiger partial charge is 0.293 e. The first kappa shape index (κ1) is 16.9. The molecule has 1 aromatic carbocycles. The number of benzene rings is 1. The van der Waals surface area contributed by atoms with E-state index in [9.17, 15) is 18.5 Å². The van der Waals surface area contributed by atoms with E-state index in [0.29, 0.717) is 0 Å². The summed E-state index contributed by atoms with van der Waals surface area (Å²) in [4.78, 5) is 9.96. The van der Waals surface area contributed by atoms with Gasteiger partial charge in [-0.05, 0) is 12.1 Å². The summed E-state index contributed by atoms with van der Waals surface area (Å²) in [5, 5.41) is 11.1. The number of nitrogens with zero attached hydrogens (tertiary/aromatic N) is 2. The normalized spacial score (nSPS) is 11.1. The Labute approximate surface area is 123 Å². The molecular weight excluding hydrogens is 296 g/mol. The zero-order valence-corrected chi connectivity index (χ0v) is 12.4. The molecule has 0 aliphatic heterocycles. The van der Waals surface area contributed by atoms with Gasteiger partial charge in [-0.15, -0.1) is 13.2 Å². The molecule has 0 atom stereocenters. The van der Waals surface area contributed by atoms with Crippen molar-refractivity contribution in [2.75, 3.05) is 20.2 Å². The van der Waals surface area contributed by atoms with E-state index in [0.717, 1.165) is 16.4 Å². The maximum absolute atomic E-state index is 12.5. The van der Waals surface area contributed by atoms with Crippen LogP contribution >= 0.6 is 0 Å². The van der Waals surface area contributed by atoms with Crippen molar-refractivity contribution >= 4 is 15.7 Å². The SMILES string of the molecule is C=CCN(CC=C)S(=O)(=O)c1ccc(OC)cc1[N+](=O)[O-]. The third-order valence-electron chi connectivity index (χ3n) is 2.65. The third kappa shape index (κ3) is 3.67. The fraction of sp³-hybridized carbons (Fsp3) is 0.231. The Kier molecular flexibility index (Phi) is 5.62. The number of ether oxygens (including phenoxy) is 1. The number of hydrogen-bond donors (Lipinski definition) is 0. The molecule has 21 heavy (non-hydrogen) atoms. The second-order valence-corrected chi connectivity index (χ2v) is 5.90. The van der Waals surface area contributed by atoms with Crippen molar-refractivity contribution in [2.45, 2.75) is 4.90 Å². The Hall–Kier alpha value is -2.19. The third-order valence-corrected chi connectivity index (χ3v) is 4.53. The van der Waals surface area contributed by atoms with Gasteiger partial charge in [0.15, 0.2) is 4.90 Å². The summed E-state index contributed by atoms with van der Waals surface area (Å²) in [6.07, 6.45) is 2.80. The zero-order valence-electron chi connectivity index (χ0n) is 11.6. The molecule has 0 aliphatic carbocycles. The topological polar surface area (TPSA) is 89.8 Å². The van der Waals surface area contributed by atoms with Crippen LogP contribution in [0.4, 0.5) is 5.69 Å². The zero-order chi connectivity index (χ0) is 16.0. The summed E-state index contributed by atoms with van der Waals surface area (Å²) < 4.78 is 31.0. The lowest BCUT2D eigenvalue weighted by atomic mass is 10.3. The fourth-order valence-corrected chi connectivity index (χ4v) is 3.20. The van der Waals surface area contributed by atoms with Gasteiger partial charge in [-0.3, -0.25) is 10.1 Å². The van der Waals surface area contributed by atoms with Crippen molar-refractivity contribution in [3.05, 3.63) is 53.6 Å². The molecule has 0 bridgehead atoms. The highest BCUT2D eigenvalue weighted by molar-refractivity contribution is 7.89. The van der Waals surface area contributed by atoms with Gasteiger partial charge in [-0.2, -0.15) is 4.31 Å². The molecule has 0 aromatic heterocycles. The molecule has 0 amide bonds. The van der Waals surface area contributed by atoms with Crippen LogP contribution in [0, 0.1) is 10.1 Å². The first-order valence-corrected chi connectivity index (χ1v) is 7.36. The monoisotopic (exact) mass is 312 g/mol. The highest BCUT2D eigenvalue weighted by atomic mass is 32.2. The van der Waals surface area contributed by atoms with Crippen LogP contribution < -0.4 is 4.74 Å². The predicted molar refractivity (Wildman–Crippen MR) is 78.8 cm³/mol. The Bertz CT molecular complexity index is 645. The molecule has 0 radical (unpaired) electrons. The molecule has 114 valence electrons. The minimum atomic E-state index is -4.03. The van der Waals surface area contributed by atoms with Crippen molar-refractivity contribution < 1.29 is 18.1 Å². The highest BCUT2D eigenvalue weighted by Gasteiger charge is 2.31. The molecule has 0 aliphatic rings. The van der Waals surface area contributed by atoms with Crippen molar-refractivity contribution in [1.29, 1.82) is 0 Å². The van der Waals surface area contributed by atoms with Gasteiger partial charge in [0.25, 0.3) is 5.69 Å². The maximum atomic E-state index is 12.5. The van der Waals surface area contributed by atoms with Crippen LogP contribution in [0.2, 0.25) is 0 Å². The first-order chi connectivity index (χ1) is 9.88. The number of methoxy groups -OCH3 is 1. The second kappa shape index (κ2) is 7.00. The van der Waals surface area contributed by atoms with Crippen LogP contribution in [0.3, 0.4) is 0 Å². The lowest BCUT2D eigenvalue weighted by Gasteiger charge is -2.19. The Morgan fingerprint density at radius 2 is 1.90 bits per heavy atom. The van der Waals surface area contributed by atoms with Crippen LogP contribution in [0.15, 0.2) is 48.4 Å². The minimum absolute atomic E-state index is 0.0253. The van der Waals surface area contributed by atoms with Gasteiger partial charge in [-0.25, -0.2) is 8.42 Å². The molecule has 0 spiro atoms. The number of hydrogen-bond acceptors (Lipinski definition) is 5. The summed E-state index contributed by atoms with van der Waals surface area (Å²) in [6, 6.07) is 3.60. The van der Waals surface area contributed by atoms with Gasteiger partial charge < -0.3 is 4.74 Å². The minimum Gasteiger partial charge on any atom is -0.497 e. The van der Waals surface area contributed by atoms with E-state index in [1.54, 1.807) is 0 Å². The van der Waals surface area contributed by atoms with E-state index in [4.69, 9.17) is 4.74 Å². The molecular formula is C13H16N2O5S. The molecule has 1 aromatic rings. The quantitative estimate of drug-likeness (QED) is 0.416. The van der Waals surface area contributed by atoms with E-state index in [2.05, 4.69) is 13.2 Å². The molecule has 1 rings (SSSR count). The van der Waals surface area contributed by atoms with Gasteiger partial charge in [0, 0.05) is 13.1 Å². The van der Waals surface area contributed by atoms with Gasteiger partial charge in [-0.1, -0.05) is 12.2 Å². The molecule has 0 saturated carbocycles. The second-order valence-electron chi connectivity index (χ2n) is 3.99. The number of nitro groups is 1. The van der Waals surface area contributed by atoms with Crippen molar-refractivity contribution in [2.24, 2.45) is 0 Å². The Morgan fingerprint density at radius 1 is 1.33 bits per heavy atom. The van der Waals surface area contributed by atoms with E-state index in [1.807, 2.05) is 0 Å².